The first-order valence-corrected chi connectivity index (χ1v) is 7.39. The van der Waals surface area contributed by atoms with Gasteiger partial charge in [-0.15, -0.1) is 12.6 Å². The Hall–Kier alpha value is -1.81. The number of thiol groups is 1. The Balaban J connectivity index is 1.99. The number of rotatable bonds is 1. The summed E-state index contributed by atoms with van der Waals surface area (Å²) in [4.78, 5) is 14.7. The first kappa shape index (κ1) is 14.1. The van der Waals surface area contributed by atoms with E-state index in [9.17, 15) is 9.18 Å². The van der Waals surface area contributed by atoms with Gasteiger partial charge >= 0.3 is 0 Å². The van der Waals surface area contributed by atoms with Crippen molar-refractivity contribution in [2.45, 2.75) is 18.2 Å². The first-order valence-electron chi connectivity index (χ1n) is 6.94. The molecular formula is C17H16FNOS. The molecule has 1 amide bonds. The van der Waals surface area contributed by atoms with Gasteiger partial charge in [-0.1, -0.05) is 25.1 Å². The maximum Gasteiger partial charge on any atom is 0.258 e. The van der Waals surface area contributed by atoms with Gasteiger partial charge < -0.3 is 4.90 Å². The molecular weight excluding hydrogens is 285 g/mol. The number of fused-ring (bicyclic) bond motifs is 1. The van der Waals surface area contributed by atoms with Crippen LogP contribution in [0.2, 0.25) is 0 Å². The molecule has 21 heavy (non-hydrogen) atoms. The molecule has 0 spiro atoms. The molecule has 1 aliphatic rings. The van der Waals surface area contributed by atoms with Gasteiger partial charge in [0.15, 0.2) is 0 Å². The highest BCUT2D eigenvalue weighted by Gasteiger charge is 2.27. The van der Waals surface area contributed by atoms with Crippen molar-refractivity contribution in [3.05, 3.63) is 59.4 Å². The number of para-hydroxylation sites is 1. The van der Waals surface area contributed by atoms with Gasteiger partial charge in [0.05, 0.1) is 0 Å². The highest BCUT2D eigenvalue weighted by atomic mass is 32.1. The lowest BCUT2D eigenvalue weighted by molar-refractivity contribution is 0.0980. The van der Waals surface area contributed by atoms with E-state index < -0.39 is 5.82 Å². The molecule has 0 bridgehead atoms. The maximum absolute atomic E-state index is 13.3. The van der Waals surface area contributed by atoms with Crippen molar-refractivity contribution in [1.29, 1.82) is 0 Å². The molecule has 1 aliphatic heterocycles. The zero-order valence-electron chi connectivity index (χ0n) is 11.7. The average molecular weight is 301 g/mol. The molecule has 1 atom stereocenters. The summed E-state index contributed by atoms with van der Waals surface area (Å²) in [6, 6.07) is 12.2. The van der Waals surface area contributed by atoms with Crippen molar-refractivity contribution in [1.82, 2.24) is 0 Å². The molecule has 3 rings (SSSR count). The lowest BCUT2D eigenvalue weighted by Gasteiger charge is -2.33. The second kappa shape index (κ2) is 5.53. The second-order valence-corrected chi connectivity index (χ2v) is 6.00. The zero-order chi connectivity index (χ0) is 15.0. The molecule has 0 fully saturated rings. The van der Waals surface area contributed by atoms with Crippen molar-refractivity contribution in [3.63, 3.8) is 0 Å². The molecule has 1 heterocycles. The Morgan fingerprint density at radius 3 is 2.81 bits per heavy atom. The Bertz CT molecular complexity index is 701. The minimum Gasteiger partial charge on any atom is -0.308 e. The smallest absolute Gasteiger partial charge is 0.258 e. The molecule has 108 valence electrons. The van der Waals surface area contributed by atoms with Gasteiger partial charge in [-0.25, -0.2) is 4.39 Å². The largest absolute Gasteiger partial charge is 0.308 e. The number of carbonyl (C=O) groups excluding carboxylic acids is 1. The number of carbonyl (C=O) groups is 1. The van der Waals surface area contributed by atoms with Crippen LogP contribution in [-0.2, 0) is 6.42 Å². The molecule has 0 aromatic heterocycles. The Kier molecular flexibility index (Phi) is 3.72. The Morgan fingerprint density at radius 2 is 2.05 bits per heavy atom. The van der Waals surface area contributed by atoms with E-state index in [-0.39, 0.29) is 10.8 Å². The summed E-state index contributed by atoms with van der Waals surface area (Å²) in [7, 11) is 0. The van der Waals surface area contributed by atoms with Gasteiger partial charge in [0.2, 0.25) is 0 Å². The van der Waals surface area contributed by atoms with E-state index in [1.807, 2.05) is 18.2 Å². The fraction of sp³-hybridized carbons (Fsp3) is 0.235. The van der Waals surface area contributed by atoms with Gasteiger partial charge in [0.25, 0.3) is 5.91 Å². The minimum atomic E-state index is -0.415. The highest BCUT2D eigenvalue weighted by Crippen LogP contribution is 2.31. The Labute approximate surface area is 129 Å². The van der Waals surface area contributed by atoms with Crippen LogP contribution >= 0.6 is 12.6 Å². The first-order chi connectivity index (χ1) is 10.1. The Morgan fingerprint density at radius 1 is 1.29 bits per heavy atom. The monoisotopic (exact) mass is 301 g/mol. The van der Waals surface area contributed by atoms with Gasteiger partial charge in [0, 0.05) is 22.7 Å². The predicted molar refractivity (Wildman–Crippen MR) is 84.6 cm³/mol. The van der Waals surface area contributed by atoms with Crippen molar-refractivity contribution in [2.24, 2.45) is 5.92 Å². The van der Waals surface area contributed by atoms with Gasteiger partial charge in [-0.3, -0.25) is 4.79 Å². The lowest BCUT2D eigenvalue weighted by atomic mass is 9.93. The topological polar surface area (TPSA) is 20.3 Å². The van der Waals surface area contributed by atoms with Crippen molar-refractivity contribution in [3.8, 4) is 0 Å². The molecule has 4 heteroatoms. The molecule has 0 radical (unpaired) electrons. The van der Waals surface area contributed by atoms with Gasteiger partial charge in [-0.05, 0) is 42.2 Å². The van der Waals surface area contributed by atoms with E-state index in [4.69, 9.17) is 0 Å². The molecule has 2 aromatic rings. The summed E-state index contributed by atoms with van der Waals surface area (Å²) >= 11 is 4.05. The number of nitrogens with zero attached hydrogens (tertiary/aromatic N) is 1. The fourth-order valence-electron chi connectivity index (χ4n) is 2.79. The van der Waals surface area contributed by atoms with Crippen molar-refractivity contribution >= 4 is 24.2 Å². The normalized spacial score (nSPS) is 17.5. The van der Waals surface area contributed by atoms with Crippen molar-refractivity contribution in [2.75, 3.05) is 11.4 Å². The summed E-state index contributed by atoms with van der Waals surface area (Å²) in [5.74, 6) is -0.119. The van der Waals surface area contributed by atoms with Crippen LogP contribution < -0.4 is 4.90 Å². The van der Waals surface area contributed by atoms with E-state index in [2.05, 4.69) is 25.6 Å². The van der Waals surface area contributed by atoms with Crippen LogP contribution in [0.3, 0.4) is 0 Å². The van der Waals surface area contributed by atoms with Crippen LogP contribution in [0.4, 0.5) is 10.1 Å². The van der Waals surface area contributed by atoms with Crippen molar-refractivity contribution < 1.29 is 9.18 Å². The summed E-state index contributed by atoms with van der Waals surface area (Å²) in [6.45, 7) is 2.81. The summed E-state index contributed by atoms with van der Waals surface area (Å²) in [5, 5.41) is 0. The van der Waals surface area contributed by atoms with Crippen LogP contribution in [0.15, 0.2) is 47.4 Å². The number of anilines is 1. The quantitative estimate of drug-likeness (QED) is 0.791. The summed E-state index contributed by atoms with van der Waals surface area (Å²) < 4.78 is 13.3. The predicted octanol–water partition coefficient (Wildman–Crippen LogP) is 3.95. The molecule has 2 nitrogen and oxygen atoms in total. The van der Waals surface area contributed by atoms with Crippen LogP contribution in [0, 0.1) is 11.7 Å². The summed E-state index contributed by atoms with van der Waals surface area (Å²) in [6.07, 6.45) is 0.973. The number of hydrogen-bond donors (Lipinski definition) is 1. The molecule has 0 saturated carbocycles. The summed E-state index contributed by atoms with van der Waals surface area (Å²) in [5.41, 5.74) is 2.59. The number of benzene rings is 2. The molecule has 0 saturated heterocycles. The number of halogens is 1. The van der Waals surface area contributed by atoms with Gasteiger partial charge in [-0.2, -0.15) is 0 Å². The third kappa shape index (κ3) is 2.68. The van der Waals surface area contributed by atoms with Crippen LogP contribution in [-0.4, -0.2) is 12.5 Å². The van der Waals surface area contributed by atoms with Crippen LogP contribution in [0.25, 0.3) is 0 Å². The van der Waals surface area contributed by atoms with E-state index >= 15 is 0 Å². The molecule has 2 aromatic carbocycles. The highest BCUT2D eigenvalue weighted by molar-refractivity contribution is 7.80. The third-order valence-corrected chi connectivity index (χ3v) is 4.13. The number of amides is 1. The molecule has 0 aliphatic carbocycles. The molecule has 0 N–H and O–H groups in total. The SMILES string of the molecule is CC1Cc2ccccc2N(C(=O)c2ccc(F)c(S)c2)C1. The molecule has 1 unspecified atom stereocenters. The van der Waals surface area contributed by atoms with E-state index in [0.717, 1.165) is 12.1 Å². The van der Waals surface area contributed by atoms with Crippen LogP contribution in [0.1, 0.15) is 22.8 Å². The lowest BCUT2D eigenvalue weighted by Crippen LogP contribution is -2.39. The maximum atomic E-state index is 13.3. The van der Waals surface area contributed by atoms with E-state index in [1.165, 1.54) is 23.8 Å². The van der Waals surface area contributed by atoms with Gasteiger partial charge in [0.1, 0.15) is 5.82 Å². The van der Waals surface area contributed by atoms with Crippen LogP contribution in [0.5, 0.6) is 0 Å². The van der Waals surface area contributed by atoms with E-state index in [1.54, 1.807) is 4.90 Å². The standard InChI is InChI=1S/C17H16FNOS/c1-11-8-12-4-2-3-5-15(12)19(10-11)17(20)13-6-7-14(18)16(21)9-13/h2-7,9,11,21H,8,10H2,1H3. The zero-order valence-corrected chi connectivity index (χ0v) is 12.6. The minimum absolute atomic E-state index is 0.107. The number of hydrogen-bond acceptors (Lipinski definition) is 2. The fourth-order valence-corrected chi connectivity index (χ4v) is 3.00. The average Bonchev–Trinajstić information content (AvgIpc) is 2.48. The third-order valence-electron chi connectivity index (χ3n) is 3.78. The van der Waals surface area contributed by atoms with E-state index in [0.29, 0.717) is 18.0 Å². The second-order valence-electron chi connectivity index (χ2n) is 5.52.